The standard InChI is InChI=1S/C21H25N5O3/c1-12(2)19-17(10-22-24-19)21(28)29-11-18(27)23-20-14(4)25-26(15(20)5)16-8-6-13(3)7-9-16/h6-10,12H,11H2,1-5H3,(H,22,24)(H,23,27). The maximum atomic E-state index is 12.4. The third-order valence-electron chi connectivity index (χ3n) is 4.63. The van der Waals surface area contributed by atoms with Crippen LogP contribution >= 0.6 is 0 Å². The summed E-state index contributed by atoms with van der Waals surface area (Å²) in [5, 5.41) is 14.0. The van der Waals surface area contributed by atoms with Crippen LogP contribution in [0.4, 0.5) is 5.69 Å². The maximum Gasteiger partial charge on any atom is 0.342 e. The molecule has 152 valence electrons. The molecule has 0 radical (unpaired) electrons. The predicted octanol–water partition coefficient (Wildman–Crippen LogP) is 3.44. The lowest BCUT2D eigenvalue weighted by molar-refractivity contribution is -0.119. The molecular formula is C21H25N5O3. The number of nitrogens with zero attached hydrogens (tertiary/aromatic N) is 3. The van der Waals surface area contributed by atoms with E-state index in [0.29, 0.717) is 22.6 Å². The summed E-state index contributed by atoms with van der Waals surface area (Å²) < 4.78 is 6.93. The van der Waals surface area contributed by atoms with Crippen LogP contribution in [-0.4, -0.2) is 38.5 Å². The first kappa shape index (κ1) is 20.3. The van der Waals surface area contributed by atoms with Crippen molar-refractivity contribution in [2.24, 2.45) is 0 Å². The van der Waals surface area contributed by atoms with Gasteiger partial charge in [-0.25, -0.2) is 9.48 Å². The molecule has 8 heteroatoms. The molecule has 0 atom stereocenters. The van der Waals surface area contributed by atoms with Gasteiger partial charge < -0.3 is 10.1 Å². The molecule has 0 fully saturated rings. The third kappa shape index (κ3) is 4.37. The highest BCUT2D eigenvalue weighted by Crippen LogP contribution is 2.23. The van der Waals surface area contributed by atoms with Crippen molar-refractivity contribution in [3.8, 4) is 5.69 Å². The monoisotopic (exact) mass is 395 g/mol. The summed E-state index contributed by atoms with van der Waals surface area (Å²) in [6.45, 7) is 9.20. The summed E-state index contributed by atoms with van der Waals surface area (Å²) >= 11 is 0. The van der Waals surface area contributed by atoms with Crippen LogP contribution in [0.15, 0.2) is 30.5 Å². The zero-order valence-corrected chi connectivity index (χ0v) is 17.2. The summed E-state index contributed by atoms with van der Waals surface area (Å²) in [6, 6.07) is 7.95. The molecule has 29 heavy (non-hydrogen) atoms. The fourth-order valence-electron chi connectivity index (χ4n) is 3.04. The average molecular weight is 395 g/mol. The molecule has 3 aromatic rings. The van der Waals surface area contributed by atoms with E-state index < -0.39 is 18.5 Å². The van der Waals surface area contributed by atoms with Crippen LogP contribution in [0.1, 0.15) is 52.8 Å². The number of aromatic amines is 1. The minimum Gasteiger partial charge on any atom is -0.452 e. The van der Waals surface area contributed by atoms with Crippen molar-refractivity contribution < 1.29 is 14.3 Å². The van der Waals surface area contributed by atoms with Gasteiger partial charge in [0.05, 0.1) is 34.7 Å². The van der Waals surface area contributed by atoms with Gasteiger partial charge in [-0.3, -0.25) is 9.89 Å². The lowest BCUT2D eigenvalue weighted by Crippen LogP contribution is -2.22. The van der Waals surface area contributed by atoms with E-state index in [1.807, 2.05) is 58.9 Å². The van der Waals surface area contributed by atoms with Crippen LogP contribution in [0.5, 0.6) is 0 Å². The number of benzene rings is 1. The Labute approximate surface area is 169 Å². The van der Waals surface area contributed by atoms with E-state index in [4.69, 9.17) is 4.74 Å². The second kappa shape index (κ2) is 8.30. The Hall–Kier alpha value is -3.42. The Kier molecular flexibility index (Phi) is 5.81. The Bertz CT molecular complexity index is 1030. The first-order valence-electron chi connectivity index (χ1n) is 9.41. The molecule has 0 saturated carbocycles. The molecule has 0 unspecified atom stereocenters. The first-order chi connectivity index (χ1) is 13.8. The molecule has 0 bridgehead atoms. The number of anilines is 1. The highest BCUT2D eigenvalue weighted by molar-refractivity contribution is 5.96. The van der Waals surface area contributed by atoms with Gasteiger partial charge in [0.15, 0.2) is 6.61 Å². The number of H-pyrrole nitrogens is 1. The number of rotatable bonds is 6. The first-order valence-corrected chi connectivity index (χ1v) is 9.41. The summed E-state index contributed by atoms with van der Waals surface area (Å²) in [5.74, 6) is -0.921. The van der Waals surface area contributed by atoms with E-state index in [1.165, 1.54) is 6.20 Å². The highest BCUT2D eigenvalue weighted by Gasteiger charge is 2.20. The Morgan fingerprint density at radius 2 is 1.86 bits per heavy atom. The van der Waals surface area contributed by atoms with Crippen molar-refractivity contribution in [3.63, 3.8) is 0 Å². The zero-order chi connectivity index (χ0) is 21.1. The Balaban J connectivity index is 1.67. The van der Waals surface area contributed by atoms with Gasteiger partial charge in [0, 0.05) is 0 Å². The van der Waals surface area contributed by atoms with Gasteiger partial charge >= 0.3 is 5.97 Å². The van der Waals surface area contributed by atoms with Crippen LogP contribution in [0, 0.1) is 20.8 Å². The molecule has 0 aliphatic heterocycles. The largest absolute Gasteiger partial charge is 0.452 e. The fraction of sp³-hybridized carbons (Fsp3) is 0.333. The predicted molar refractivity (Wildman–Crippen MR) is 109 cm³/mol. The Morgan fingerprint density at radius 3 is 2.52 bits per heavy atom. The molecule has 0 spiro atoms. The van der Waals surface area contributed by atoms with Crippen molar-refractivity contribution >= 4 is 17.6 Å². The number of hydrogen-bond acceptors (Lipinski definition) is 5. The average Bonchev–Trinajstić information content (AvgIpc) is 3.28. The van der Waals surface area contributed by atoms with Crippen molar-refractivity contribution in [2.45, 2.75) is 40.5 Å². The minimum absolute atomic E-state index is 0.0896. The highest BCUT2D eigenvalue weighted by atomic mass is 16.5. The number of esters is 1. The Morgan fingerprint density at radius 1 is 1.17 bits per heavy atom. The van der Waals surface area contributed by atoms with E-state index in [0.717, 1.165) is 16.9 Å². The SMILES string of the molecule is Cc1ccc(-n2nc(C)c(NC(=O)COC(=O)c3cn[nH]c3C(C)C)c2C)cc1. The minimum atomic E-state index is -0.582. The smallest absolute Gasteiger partial charge is 0.342 e. The second-order valence-electron chi connectivity index (χ2n) is 7.27. The normalized spacial score (nSPS) is 11.0. The number of hydrogen-bond donors (Lipinski definition) is 2. The van der Waals surface area contributed by atoms with Crippen LogP contribution < -0.4 is 5.32 Å². The number of aromatic nitrogens is 4. The number of carbonyl (C=O) groups is 2. The van der Waals surface area contributed by atoms with Crippen molar-refractivity contribution in [2.75, 3.05) is 11.9 Å². The third-order valence-corrected chi connectivity index (χ3v) is 4.63. The van der Waals surface area contributed by atoms with Gasteiger partial charge in [-0.2, -0.15) is 10.2 Å². The van der Waals surface area contributed by atoms with Gasteiger partial charge in [-0.15, -0.1) is 0 Å². The van der Waals surface area contributed by atoms with Crippen molar-refractivity contribution in [1.82, 2.24) is 20.0 Å². The summed E-state index contributed by atoms with van der Waals surface area (Å²) in [7, 11) is 0. The molecule has 2 heterocycles. The molecule has 0 aliphatic rings. The summed E-state index contributed by atoms with van der Waals surface area (Å²) in [4.78, 5) is 24.6. The number of aryl methyl sites for hydroxylation is 2. The molecule has 0 saturated heterocycles. The maximum absolute atomic E-state index is 12.4. The van der Waals surface area contributed by atoms with E-state index >= 15 is 0 Å². The quantitative estimate of drug-likeness (QED) is 0.623. The van der Waals surface area contributed by atoms with Crippen LogP contribution in [0.2, 0.25) is 0 Å². The van der Waals surface area contributed by atoms with Crippen LogP contribution in [0.3, 0.4) is 0 Å². The van der Waals surface area contributed by atoms with Gasteiger partial charge in [-0.1, -0.05) is 31.5 Å². The topological polar surface area (TPSA) is 102 Å². The number of nitrogens with one attached hydrogen (secondary N) is 2. The molecule has 0 aliphatic carbocycles. The van der Waals surface area contributed by atoms with E-state index in [-0.39, 0.29) is 5.92 Å². The lowest BCUT2D eigenvalue weighted by Gasteiger charge is -2.09. The number of carbonyl (C=O) groups excluding carboxylic acids is 2. The van der Waals surface area contributed by atoms with Gasteiger partial charge in [0.1, 0.15) is 5.56 Å². The van der Waals surface area contributed by atoms with E-state index in [9.17, 15) is 9.59 Å². The zero-order valence-electron chi connectivity index (χ0n) is 17.2. The summed E-state index contributed by atoms with van der Waals surface area (Å²) in [6.07, 6.45) is 1.41. The van der Waals surface area contributed by atoms with Crippen molar-refractivity contribution in [1.29, 1.82) is 0 Å². The molecule has 2 N–H and O–H groups in total. The number of ether oxygens (including phenoxy) is 1. The molecule has 8 nitrogen and oxygen atoms in total. The number of amides is 1. The van der Waals surface area contributed by atoms with E-state index in [1.54, 1.807) is 4.68 Å². The molecular weight excluding hydrogens is 370 g/mol. The molecule has 3 rings (SSSR count). The van der Waals surface area contributed by atoms with Gasteiger partial charge in [-0.05, 0) is 38.8 Å². The lowest BCUT2D eigenvalue weighted by atomic mass is 10.1. The summed E-state index contributed by atoms with van der Waals surface area (Å²) in [5.41, 5.74) is 5.17. The molecule has 1 aromatic carbocycles. The van der Waals surface area contributed by atoms with E-state index in [2.05, 4.69) is 20.6 Å². The van der Waals surface area contributed by atoms with Crippen LogP contribution in [-0.2, 0) is 9.53 Å². The second-order valence-corrected chi connectivity index (χ2v) is 7.27. The van der Waals surface area contributed by atoms with Crippen molar-refractivity contribution in [3.05, 3.63) is 58.7 Å². The van der Waals surface area contributed by atoms with Gasteiger partial charge in [0.25, 0.3) is 5.91 Å². The van der Waals surface area contributed by atoms with Gasteiger partial charge in [0.2, 0.25) is 0 Å². The van der Waals surface area contributed by atoms with Crippen LogP contribution in [0.25, 0.3) is 5.69 Å². The fourth-order valence-corrected chi connectivity index (χ4v) is 3.04. The molecule has 1 amide bonds. The molecule has 2 aromatic heterocycles.